The smallest absolute Gasteiger partial charge is 0.335 e. The summed E-state index contributed by atoms with van der Waals surface area (Å²) < 4.78 is 0. The lowest BCUT2D eigenvalue weighted by atomic mass is 10.1. The minimum absolute atomic E-state index is 0.221. The topological polar surface area (TPSA) is 112 Å². The number of benzene rings is 2. The van der Waals surface area contributed by atoms with Crippen LogP contribution < -0.4 is 5.32 Å². The van der Waals surface area contributed by atoms with Crippen molar-refractivity contribution in [3.8, 4) is 21.1 Å². The van der Waals surface area contributed by atoms with Crippen molar-refractivity contribution in [1.29, 1.82) is 0 Å². The maximum absolute atomic E-state index is 11.1. The van der Waals surface area contributed by atoms with E-state index in [-0.39, 0.29) is 11.1 Å². The molecule has 4 rings (SSSR count). The molecule has 0 aliphatic rings. The summed E-state index contributed by atoms with van der Waals surface area (Å²) in [7, 11) is 0. The van der Waals surface area contributed by atoms with E-state index in [0.717, 1.165) is 38.7 Å². The molecule has 4 aromatic rings. The number of thiophene rings is 1. The average molecular weight is 460 g/mol. The molecule has 3 N–H and O–H groups in total. The number of hydrogen-bond donors (Lipinski definition) is 3. The Morgan fingerprint density at radius 3 is 2.00 bits per heavy atom. The maximum Gasteiger partial charge on any atom is 0.335 e. The first-order valence-electron chi connectivity index (χ1n) is 10.3. The normalized spacial score (nSPS) is 10.7. The first kappa shape index (κ1) is 22.2. The van der Waals surface area contributed by atoms with E-state index in [9.17, 15) is 9.59 Å². The van der Waals surface area contributed by atoms with E-state index in [1.807, 2.05) is 26.0 Å². The van der Waals surface area contributed by atoms with Crippen molar-refractivity contribution in [3.05, 3.63) is 83.0 Å². The van der Waals surface area contributed by atoms with E-state index in [1.54, 1.807) is 48.5 Å². The minimum atomic E-state index is -0.970. The number of carboxylic acid groups (broad SMARTS) is 2. The number of nitrogens with one attached hydrogen (secondary N) is 1. The molecule has 2 aromatic heterocycles. The van der Waals surface area contributed by atoms with Crippen LogP contribution in [-0.4, -0.2) is 32.1 Å². The van der Waals surface area contributed by atoms with Crippen LogP contribution in [0, 0.1) is 6.92 Å². The van der Waals surface area contributed by atoms with E-state index in [1.165, 1.54) is 11.3 Å². The van der Waals surface area contributed by atoms with Crippen molar-refractivity contribution in [2.45, 2.75) is 20.3 Å². The quantitative estimate of drug-likeness (QED) is 0.316. The fraction of sp³-hybridized carbons (Fsp3) is 0.120. The Bertz CT molecular complexity index is 1330. The number of carboxylic acids is 2. The van der Waals surface area contributed by atoms with E-state index in [0.29, 0.717) is 11.6 Å². The second-order valence-electron chi connectivity index (χ2n) is 7.37. The van der Waals surface area contributed by atoms with Gasteiger partial charge in [0.2, 0.25) is 0 Å². The molecule has 166 valence electrons. The summed E-state index contributed by atoms with van der Waals surface area (Å²) >= 11 is 1.53. The summed E-state index contributed by atoms with van der Waals surface area (Å²) in [5, 5.41) is 21.5. The van der Waals surface area contributed by atoms with Gasteiger partial charge in [0.15, 0.2) is 5.82 Å². The Morgan fingerprint density at radius 2 is 1.42 bits per heavy atom. The van der Waals surface area contributed by atoms with E-state index >= 15 is 0 Å². The standard InChI is InChI=1S/C25H21N3O4S/c1-3-19-14(2)26-23(28-22(19)27-18-10-8-17(9-11-18)25(31)32)21-13-12-20(33-21)15-4-6-16(7-5-15)24(29)30/h4-13H,3H2,1-2H3,(H,29,30)(H,31,32)(H,26,27,28). The molecule has 0 spiro atoms. The number of aromatic carboxylic acids is 2. The molecule has 7 nitrogen and oxygen atoms in total. The molecule has 0 bridgehead atoms. The largest absolute Gasteiger partial charge is 0.478 e. The van der Waals surface area contributed by atoms with E-state index < -0.39 is 11.9 Å². The Labute approximate surface area is 194 Å². The van der Waals surface area contributed by atoms with Gasteiger partial charge in [-0.05, 0) is 67.4 Å². The second-order valence-corrected chi connectivity index (χ2v) is 8.45. The third kappa shape index (κ3) is 4.75. The lowest BCUT2D eigenvalue weighted by molar-refractivity contribution is 0.0686. The van der Waals surface area contributed by atoms with Gasteiger partial charge in [-0.3, -0.25) is 0 Å². The summed E-state index contributed by atoms with van der Waals surface area (Å²) in [6, 6.07) is 17.2. The van der Waals surface area contributed by atoms with Crippen molar-refractivity contribution in [2.24, 2.45) is 0 Å². The molecule has 0 saturated carbocycles. The van der Waals surface area contributed by atoms with Crippen LogP contribution in [0.25, 0.3) is 21.1 Å². The Hall–Kier alpha value is -4.04. The zero-order valence-corrected chi connectivity index (χ0v) is 18.8. The number of nitrogens with zero attached hydrogens (tertiary/aromatic N) is 2. The first-order chi connectivity index (χ1) is 15.9. The lowest BCUT2D eigenvalue weighted by Gasteiger charge is -2.13. The summed E-state index contributed by atoms with van der Waals surface area (Å²) in [4.78, 5) is 33.5. The first-order valence-corrected chi connectivity index (χ1v) is 11.1. The second kappa shape index (κ2) is 9.22. The van der Waals surface area contributed by atoms with Crippen LogP contribution in [0.3, 0.4) is 0 Å². The molecule has 0 unspecified atom stereocenters. The molecule has 0 aliphatic heterocycles. The Morgan fingerprint density at radius 1 is 0.848 bits per heavy atom. The number of carbonyl (C=O) groups is 2. The number of rotatable bonds is 7. The maximum atomic E-state index is 11.1. The number of aryl methyl sites for hydroxylation is 1. The van der Waals surface area contributed by atoms with Gasteiger partial charge >= 0.3 is 11.9 Å². The van der Waals surface area contributed by atoms with Gasteiger partial charge in [-0.2, -0.15) is 0 Å². The van der Waals surface area contributed by atoms with E-state index in [4.69, 9.17) is 20.2 Å². The van der Waals surface area contributed by atoms with Crippen LogP contribution in [0.2, 0.25) is 0 Å². The predicted octanol–water partition coefficient (Wildman–Crippen LogP) is 5.88. The van der Waals surface area contributed by atoms with Gasteiger partial charge in [-0.25, -0.2) is 19.6 Å². The van der Waals surface area contributed by atoms with Crippen LogP contribution in [0.4, 0.5) is 11.5 Å². The molecule has 0 fully saturated rings. The summed E-state index contributed by atoms with van der Waals surface area (Å²) in [6.45, 7) is 3.98. The molecule has 8 heteroatoms. The number of anilines is 2. The van der Waals surface area contributed by atoms with Gasteiger partial charge in [0, 0.05) is 21.8 Å². The minimum Gasteiger partial charge on any atom is -0.478 e. The molecule has 2 heterocycles. The predicted molar refractivity (Wildman–Crippen MR) is 129 cm³/mol. The third-order valence-corrected chi connectivity index (χ3v) is 6.34. The van der Waals surface area contributed by atoms with Crippen LogP contribution in [-0.2, 0) is 6.42 Å². The highest BCUT2D eigenvalue weighted by molar-refractivity contribution is 7.18. The van der Waals surface area contributed by atoms with Crippen molar-refractivity contribution in [3.63, 3.8) is 0 Å². The number of hydrogen-bond acceptors (Lipinski definition) is 6. The van der Waals surface area contributed by atoms with Crippen LogP contribution in [0.5, 0.6) is 0 Å². The van der Waals surface area contributed by atoms with Gasteiger partial charge < -0.3 is 15.5 Å². The van der Waals surface area contributed by atoms with Crippen LogP contribution in [0.1, 0.15) is 38.9 Å². The molecule has 33 heavy (non-hydrogen) atoms. The van der Waals surface area contributed by atoms with Crippen molar-refractivity contribution in [2.75, 3.05) is 5.32 Å². The highest BCUT2D eigenvalue weighted by atomic mass is 32.1. The van der Waals surface area contributed by atoms with Crippen molar-refractivity contribution in [1.82, 2.24) is 9.97 Å². The zero-order valence-electron chi connectivity index (χ0n) is 18.0. The Kier molecular flexibility index (Phi) is 6.19. The third-order valence-electron chi connectivity index (χ3n) is 5.20. The van der Waals surface area contributed by atoms with Crippen LogP contribution >= 0.6 is 11.3 Å². The van der Waals surface area contributed by atoms with Crippen molar-refractivity contribution < 1.29 is 19.8 Å². The molecule has 0 aliphatic carbocycles. The summed E-state index contributed by atoms with van der Waals surface area (Å²) in [6.07, 6.45) is 0.743. The molecular weight excluding hydrogens is 438 g/mol. The molecule has 0 saturated heterocycles. The fourth-order valence-corrected chi connectivity index (χ4v) is 4.40. The number of aromatic nitrogens is 2. The zero-order chi connectivity index (χ0) is 23.5. The Balaban J connectivity index is 1.65. The highest BCUT2D eigenvalue weighted by Gasteiger charge is 2.15. The average Bonchev–Trinajstić information content (AvgIpc) is 3.30. The SMILES string of the molecule is CCc1c(C)nc(-c2ccc(-c3ccc(C(=O)O)cc3)s2)nc1Nc1ccc(C(=O)O)cc1. The molecule has 2 aromatic carbocycles. The van der Waals surface area contributed by atoms with Gasteiger partial charge in [0.25, 0.3) is 0 Å². The van der Waals surface area contributed by atoms with Gasteiger partial charge in [0.1, 0.15) is 5.82 Å². The van der Waals surface area contributed by atoms with Crippen LogP contribution in [0.15, 0.2) is 60.7 Å². The van der Waals surface area contributed by atoms with Gasteiger partial charge in [-0.15, -0.1) is 11.3 Å². The monoisotopic (exact) mass is 459 g/mol. The summed E-state index contributed by atoms with van der Waals surface area (Å²) in [5.41, 5.74) is 3.99. The summed E-state index contributed by atoms with van der Waals surface area (Å²) in [5.74, 6) is -0.649. The van der Waals surface area contributed by atoms with Crippen molar-refractivity contribution >= 4 is 34.8 Å². The highest BCUT2D eigenvalue weighted by Crippen LogP contribution is 2.34. The van der Waals surface area contributed by atoms with Gasteiger partial charge in [0.05, 0.1) is 16.0 Å². The molecule has 0 radical (unpaired) electrons. The molecular formula is C25H21N3O4S. The molecule has 0 atom stereocenters. The molecule has 0 amide bonds. The lowest BCUT2D eigenvalue weighted by Crippen LogP contribution is -2.05. The fourth-order valence-electron chi connectivity index (χ4n) is 3.46. The van der Waals surface area contributed by atoms with Gasteiger partial charge in [-0.1, -0.05) is 19.1 Å². The van der Waals surface area contributed by atoms with E-state index in [2.05, 4.69) is 5.32 Å².